The van der Waals surface area contributed by atoms with Crippen molar-refractivity contribution in [3.8, 4) is 0 Å². The minimum absolute atomic E-state index is 0.0793. The summed E-state index contributed by atoms with van der Waals surface area (Å²) < 4.78 is 4.91. The van der Waals surface area contributed by atoms with Crippen LogP contribution >= 0.6 is 0 Å². The van der Waals surface area contributed by atoms with Gasteiger partial charge in [-0.25, -0.2) is 0 Å². The smallest absolute Gasteiger partial charge is 0.306 e. The van der Waals surface area contributed by atoms with Crippen LogP contribution in [0, 0.1) is 17.3 Å². The van der Waals surface area contributed by atoms with E-state index >= 15 is 0 Å². The Labute approximate surface area is 111 Å². The summed E-state index contributed by atoms with van der Waals surface area (Å²) in [7, 11) is 0. The van der Waals surface area contributed by atoms with Crippen molar-refractivity contribution in [1.82, 2.24) is 0 Å². The lowest BCUT2D eigenvalue weighted by molar-refractivity contribution is -0.146. The number of hydrogen-bond acceptors (Lipinski definition) is 3. The van der Waals surface area contributed by atoms with Crippen LogP contribution in [0.3, 0.4) is 0 Å². The Morgan fingerprint density at radius 1 is 1.17 bits per heavy atom. The van der Waals surface area contributed by atoms with E-state index in [0.717, 1.165) is 18.8 Å². The fraction of sp³-hybridized carbons (Fsp3) is 0.933. The molecule has 1 aliphatic rings. The molecule has 0 aromatic rings. The molecule has 1 fully saturated rings. The van der Waals surface area contributed by atoms with Gasteiger partial charge >= 0.3 is 5.97 Å². The molecule has 0 unspecified atom stereocenters. The fourth-order valence-electron chi connectivity index (χ4n) is 2.96. The van der Waals surface area contributed by atoms with Crippen molar-refractivity contribution in [3.05, 3.63) is 0 Å². The van der Waals surface area contributed by atoms with Gasteiger partial charge in [0.25, 0.3) is 0 Å². The third kappa shape index (κ3) is 6.39. The van der Waals surface area contributed by atoms with Gasteiger partial charge in [-0.15, -0.1) is 0 Å². The van der Waals surface area contributed by atoms with Crippen molar-refractivity contribution in [2.75, 3.05) is 13.2 Å². The van der Waals surface area contributed by atoms with Crippen molar-refractivity contribution < 1.29 is 14.6 Å². The monoisotopic (exact) mass is 256 g/mol. The van der Waals surface area contributed by atoms with Gasteiger partial charge in [0.2, 0.25) is 0 Å². The zero-order valence-electron chi connectivity index (χ0n) is 12.1. The van der Waals surface area contributed by atoms with Gasteiger partial charge in [-0.3, -0.25) is 4.79 Å². The Kier molecular flexibility index (Phi) is 6.13. The summed E-state index contributed by atoms with van der Waals surface area (Å²) in [6, 6.07) is 0. The zero-order chi connectivity index (χ0) is 13.6. The average molecular weight is 256 g/mol. The largest absolute Gasteiger partial charge is 0.463 e. The van der Waals surface area contributed by atoms with E-state index < -0.39 is 0 Å². The molecule has 0 spiro atoms. The van der Waals surface area contributed by atoms with Gasteiger partial charge in [0, 0.05) is 6.42 Å². The predicted octanol–water partition coefficient (Wildman–Crippen LogP) is 3.15. The maximum absolute atomic E-state index is 11.4. The first-order valence-electron chi connectivity index (χ1n) is 7.17. The maximum atomic E-state index is 11.4. The summed E-state index contributed by atoms with van der Waals surface area (Å²) in [6.45, 7) is 6.95. The molecule has 0 aliphatic heterocycles. The lowest BCUT2D eigenvalue weighted by Crippen LogP contribution is -2.22. The molecule has 3 nitrogen and oxygen atoms in total. The van der Waals surface area contributed by atoms with Crippen molar-refractivity contribution >= 4 is 5.97 Å². The number of esters is 1. The van der Waals surface area contributed by atoms with Gasteiger partial charge in [-0.2, -0.15) is 0 Å². The minimum Gasteiger partial charge on any atom is -0.463 e. The van der Waals surface area contributed by atoms with Gasteiger partial charge in [0.15, 0.2) is 0 Å². The highest BCUT2D eigenvalue weighted by Crippen LogP contribution is 2.37. The topological polar surface area (TPSA) is 46.5 Å². The molecule has 0 aromatic heterocycles. The standard InChI is InChI=1S/C15H28O3/c1-15(2,3)11-13-6-4-12(5-7-13)10-14(17)18-9-8-16/h12-13,16H,4-11H2,1-3H3. The molecular formula is C15H28O3. The first kappa shape index (κ1) is 15.5. The number of carbonyl (C=O) groups is 1. The second-order valence-electron chi connectivity index (χ2n) is 6.80. The summed E-state index contributed by atoms with van der Waals surface area (Å²) in [4.78, 5) is 11.4. The molecule has 1 aliphatic carbocycles. The van der Waals surface area contributed by atoms with Crippen LogP contribution in [0.4, 0.5) is 0 Å². The van der Waals surface area contributed by atoms with Crippen LogP contribution in [-0.4, -0.2) is 24.3 Å². The molecule has 0 saturated heterocycles. The van der Waals surface area contributed by atoms with Gasteiger partial charge in [0.1, 0.15) is 6.61 Å². The predicted molar refractivity (Wildman–Crippen MR) is 72.2 cm³/mol. The number of hydrogen-bond donors (Lipinski definition) is 1. The molecule has 0 aromatic carbocycles. The first-order chi connectivity index (χ1) is 8.40. The van der Waals surface area contributed by atoms with Crippen molar-refractivity contribution in [1.29, 1.82) is 0 Å². The van der Waals surface area contributed by atoms with E-state index in [0.29, 0.717) is 17.8 Å². The highest BCUT2D eigenvalue weighted by atomic mass is 16.5. The van der Waals surface area contributed by atoms with E-state index in [9.17, 15) is 4.79 Å². The zero-order valence-corrected chi connectivity index (χ0v) is 12.1. The molecule has 106 valence electrons. The second kappa shape index (κ2) is 7.13. The Morgan fingerprint density at radius 3 is 2.22 bits per heavy atom. The molecule has 1 rings (SSSR count). The van der Waals surface area contributed by atoms with E-state index in [1.807, 2.05) is 0 Å². The number of ether oxygens (including phenoxy) is 1. The molecule has 3 heteroatoms. The highest BCUT2D eigenvalue weighted by molar-refractivity contribution is 5.69. The Balaban J connectivity index is 2.21. The Morgan fingerprint density at radius 2 is 1.72 bits per heavy atom. The van der Waals surface area contributed by atoms with Crippen LogP contribution in [0.1, 0.15) is 59.3 Å². The van der Waals surface area contributed by atoms with Crippen LogP contribution in [0.5, 0.6) is 0 Å². The number of carbonyl (C=O) groups excluding carboxylic acids is 1. The first-order valence-corrected chi connectivity index (χ1v) is 7.17. The number of rotatable bonds is 5. The summed E-state index contributed by atoms with van der Waals surface area (Å²) >= 11 is 0. The van der Waals surface area contributed by atoms with Crippen LogP contribution in [-0.2, 0) is 9.53 Å². The molecule has 1 saturated carbocycles. The Bertz CT molecular complexity index is 247. The summed E-state index contributed by atoms with van der Waals surface area (Å²) in [5, 5.41) is 8.59. The molecule has 0 amide bonds. The summed E-state index contributed by atoms with van der Waals surface area (Å²) in [6.07, 6.45) is 6.60. The van der Waals surface area contributed by atoms with Crippen molar-refractivity contribution in [2.45, 2.75) is 59.3 Å². The fourth-order valence-corrected chi connectivity index (χ4v) is 2.96. The molecule has 1 N–H and O–H groups in total. The molecular weight excluding hydrogens is 228 g/mol. The lowest BCUT2D eigenvalue weighted by atomic mass is 9.74. The minimum atomic E-state index is -0.150. The van der Waals surface area contributed by atoms with Crippen molar-refractivity contribution in [3.63, 3.8) is 0 Å². The molecule has 0 atom stereocenters. The summed E-state index contributed by atoms with van der Waals surface area (Å²) in [5.74, 6) is 1.17. The van der Waals surface area contributed by atoms with Crippen LogP contribution in [0.25, 0.3) is 0 Å². The van der Waals surface area contributed by atoms with Crippen LogP contribution in [0.2, 0.25) is 0 Å². The van der Waals surface area contributed by atoms with Gasteiger partial charge in [0.05, 0.1) is 6.61 Å². The average Bonchev–Trinajstić information content (AvgIpc) is 2.27. The van der Waals surface area contributed by atoms with E-state index in [4.69, 9.17) is 9.84 Å². The molecule has 0 bridgehead atoms. The second-order valence-corrected chi connectivity index (χ2v) is 6.80. The number of aliphatic hydroxyl groups excluding tert-OH is 1. The number of aliphatic hydroxyl groups is 1. The third-order valence-electron chi connectivity index (χ3n) is 3.68. The third-order valence-corrected chi connectivity index (χ3v) is 3.68. The van der Waals surface area contributed by atoms with E-state index in [1.54, 1.807) is 0 Å². The van der Waals surface area contributed by atoms with Crippen LogP contribution in [0.15, 0.2) is 0 Å². The normalized spacial score (nSPS) is 24.9. The lowest BCUT2D eigenvalue weighted by Gasteiger charge is -2.32. The Hall–Kier alpha value is -0.570. The quantitative estimate of drug-likeness (QED) is 0.769. The molecule has 18 heavy (non-hydrogen) atoms. The summed E-state index contributed by atoms with van der Waals surface area (Å²) in [5.41, 5.74) is 0.414. The maximum Gasteiger partial charge on any atom is 0.306 e. The molecule has 0 heterocycles. The van der Waals surface area contributed by atoms with Crippen molar-refractivity contribution in [2.24, 2.45) is 17.3 Å². The van der Waals surface area contributed by atoms with Gasteiger partial charge < -0.3 is 9.84 Å². The SMILES string of the molecule is CC(C)(C)CC1CCC(CC(=O)OCCO)CC1. The van der Waals surface area contributed by atoms with E-state index in [1.165, 1.54) is 19.3 Å². The van der Waals surface area contributed by atoms with Gasteiger partial charge in [-0.05, 0) is 36.5 Å². The van der Waals surface area contributed by atoms with E-state index in [2.05, 4.69) is 20.8 Å². The molecule has 0 radical (unpaired) electrons. The van der Waals surface area contributed by atoms with E-state index in [-0.39, 0.29) is 19.2 Å². The highest BCUT2D eigenvalue weighted by Gasteiger charge is 2.26. The van der Waals surface area contributed by atoms with Gasteiger partial charge in [-0.1, -0.05) is 33.6 Å². The van der Waals surface area contributed by atoms with Crippen LogP contribution < -0.4 is 0 Å².